The van der Waals surface area contributed by atoms with E-state index in [0.29, 0.717) is 46.4 Å². The SMILES string of the molecule is c1ccc(-c2nc(-c3ccc4c(c3)sc3ccccc34)nc(-c3cccc4c3Oc3ccccc3C43c4ccccc4-c4c(-c5cccc6c(-c7nc(-c8ccccc8)nc(-c8cccc9c8Oc8ccccc8C98c9ccccc9-c9ccccc98)n7)ccc(-c7ccccc7)c56)cccc43)n2)cc1. The van der Waals surface area contributed by atoms with Gasteiger partial charge in [-0.05, 0) is 120 Å². The number of hydrogen-bond acceptors (Lipinski definition) is 9. The lowest BCUT2D eigenvalue weighted by atomic mass is 9.65. The van der Waals surface area contributed by atoms with Crippen LogP contribution in [0.1, 0.15) is 44.5 Å². The molecule has 0 radical (unpaired) electrons. The molecule has 2 aliphatic heterocycles. The van der Waals surface area contributed by atoms with E-state index in [2.05, 4.69) is 303 Å². The highest BCUT2D eigenvalue weighted by Gasteiger charge is 2.54. The Labute approximate surface area is 608 Å². The van der Waals surface area contributed by atoms with E-state index in [4.69, 9.17) is 39.4 Å². The third kappa shape index (κ3) is 8.61. The maximum Gasteiger partial charge on any atom is 0.167 e. The molecule has 488 valence electrons. The monoisotopic (exact) mass is 1360 g/mol. The van der Waals surface area contributed by atoms with Crippen molar-refractivity contribution in [2.24, 2.45) is 0 Å². The number of rotatable bonds is 8. The molecule has 15 aromatic carbocycles. The lowest BCUT2D eigenvalue weighted by Crippen LogP contribution is -2.32. The molecule has 2 spiro atoms. The minimum Gasteiger partial charge on any atom is -0.456 e. The second-order valence-corrected chi connectivity index (χ2v) is 28.4. The van der Waals surface area contributed by atoms with Crippen molar-refractivity contribution >= 4 is 42.3 Å². The van der Waals surface area contributed by atoms with Gasteiger partial charge < -0.3 is 9.47 Å². The third-order valence-corrected chi connectivity index (χ3v) is 23.1. The fourth-order valence-corrected chi connectivity index (χ4v) is 18.8. The molecule has 105 heavy (non-hydrogen) atoms. The van der Waals surface area contributed by atoms with Gasteiger partial charge >= 0.3 is 0 Å². The van der Waals surface area contributed by atoms with Crippen molar-refractivity contribution in [2.45, 2.75) is 10.8 Å². The molecular weight excluding hydrogens is 1300 g/mol. The van der Waals surface area contributed by atoms with Crippen molar-refractivity contribution < 1.29 is 9.47 Å². The van der Waals surface area contributed by atoms with E-state index in [1.165, 1.54) is 42.4 Å². The van der Waals surface area contributed by atoms with Crippen molar-refractivity contribution in [2.75, 3.05) is 0 Å². The van der Waals surface area contributed by atoms with E-state index in [1.54, 1.807) is 11.3 Å². The van der Waals surface area contributed by atoms with Crippen LogP contribution >= 0.6 is 11.3 Å². The summed E-state index contributed by atoms with van der Waals surface area (Å²) >= 11 is 1.78. The first-order chi connectivity index (χ1) is 52.1. The number of benzene rings is 15. The highest BCUT2D eigenvalue weighted by atomic mass is 32.1. The molecule has 0 saturated heterocycles. The van der Waals surface area contributed by atoms with E-state index in [9.17, 15) is 0 Å². The summed E-state index contributed by atoms with van der Waals surface area (Å²) in [5.41, 5.74) is 21.4. The number of aromatic nitrogens is 6. The van der Waals surface area contributed by atoms with Crippen molar-refractivity contribution in [3.8, 4) is 136 Å². The summed E-state index contributed by atoms with van der Waals surface area (Å²) in [6.07, 6.45) is 0. The first-order valence-electron chi connectivity index (χ1n) is 35.5. The minimum atomic E-state index is -0.869. The molecule has 18 aromatic rings. The molecular formula is C96H56N6O2S. The van der Waals surface area contributed by atoms with Gasteiger partial charge in [-0.25, -0.2) is 29.9 Å². The predicted octanol–water partition coefficient (Wildman–Crippen LogP) is 23.9. The molecule has 0 amide bonds. The molecule has 22 rings (SSSR count). The van der Waals surface area contributed by atoms with Gasteiger partial charge in [0.25, 0.3) is 0 Å². The maximum absolute atomic E-state index is 7.39. The van der Waals surface area contributed by atoms with Crippen molar-refractivity contribution in [3.63, 3.8) is 0 Å². The Hall–Kier alpha value is -13.6. The van der Waals surface area contributed by atoms with Crippen LogP contribution < -0.4 is 9.47 Å². The Kier molecular flexibility index (Phi) is 12.9. The first-order valence-corrected chi connectivity index (χ1v) is 36.3. The molecule has 9 heteroatoms. The van der Waals surface area contributed by atoms with E-state index in [-0.39, 0.29) is 0 Å². The van der Waals surface area contributed by atoms with Gasteiger partial charge in [-0.3, -0.25) is 0 Å². The van der Waals surface area contributed by atoms with Crippen molar-refractivity contribution in [1.82, 2.24) is 29.9 Å². The van der Waals surface area contributed by atoms with Gasteiger partial charge in [-0.15, -0.1) is 11.3 Å². The molecule has 8 nitrogen and oxygen atoms in total. The summed E-state index contributed by atoms with van der Waals surface area (Å²) in [7, 11) is 0. The fourth-order valence-electron chi connectivity index (χ4n) is 17.7. The summed E-state index contributed by atoms with van der Waals surface area (Å²) in [5, 5.41) is 4.50. The maximum atomic E-state index is 7.39. The van der Waals surface area contributed by atoms with Crippen LogP contribution in [0.15, 0.2) is 340 Å². The Morgan fingerprint density at radius 2 is 0.610 bits per heavy atom. The van der Waals surface area contributed by atoms with Crippen LogP contribution in [0.25, 0.3) is 144 Å². The van der Waals surface area contributed by atoms with Gasteiger partial charge in [-0.2, -0.15) is 0 Å². The van der Waals surface area contributed by atoms with Crippen molar-refractivity contribution in [3.05, 3.63) is 384 Å². The van der Waals surface area contributed by atoms with Gasteiger partial charge in [0.2, 0.25) is 0 Å². The highest BCUT2D eigenvalue weighted by molar-refractivity contribution is 7.25. The van der Waals surface area contributed by atoms with Gasteiger partial charge in [0.1, 0.15) is 23.0 Å². The van der Waals surface area contributed by atoms with E-state index < -0.39 is 10.8 Å². The molecule has 0 N–H and O–H groups in total. The second-order valence-electron chi connectivity index (χ2n) is 27.3. The van der Waals surface area contributed by atoms with E-state index in [1.807, 2.05) is 36.4 Å². The molecule has 1 unspecified atom stereocenters. The zero-order valence-electron chi connectivity index (χ0n) is 56.2. The second kappa shape index (κ2) is 23.0. The quantitative estimate of drug-likeness (QED) is 0.148. The average Bonchev–Trinajstić information content (AvgIpc) is 1.55. The molecule has 1 atom stereocenters. The lowest BCUT2D eigenvalue weighted by Gasteiger charge is -2.40. The fraction of sp³-hybridized carbons (Fsp3) is 0.0208. The summed E-state index contributed by atoms with van der Waals surface area (Å²) in [5.74, 6) is 6.19. The van der Waals surface area contributed by atoms with Crippen LogP contribution in [-0.4, -0.2) is 29.9 Å². The Morgan fingerprint density at radius 1 is 0.219 bits per heavy atom. The van der Waals surface area contributed by atoms with Crippen LogP contribution in [0.3, 0.4) is 0 Å². The number of nitrogens with zero attached hydrogens (tertiary/aromatic N) is 6. The Balaban J connectivity index is 0.749. The summed E-state index contributed by atoms with van der Waals surface area (Å²) in [6, 6.07) is 121. The largest absolute Gasteiger partial charge is 0.456 e. The topological polar surface area (TPSA) is 95.8 Å². The normalized spacial score (nSPS) is 14.4. The van der Waals surface area contributed by atoms with Gasteiger partial charge in [0.15, 0.2) is 34.9 Å². The van der Waals surface area contributed by atoms with E-state index >= 15 is 0 Å². The number of fused-ring (bicyclic) bond motifs is 22. The summed E-state index contributed by atoms with van der Waals surface area (Å²) in [6.45, 7) is 0. The van der Waals surface area contributed by atoms with Crippen molar-refractivity contribution in [1.29, 1.82) is 0 Å². The Morgan fingerprint density at radius 3 is 1.22 bits per heavy atom. The predicted molar refractivity (Wildman–Crippen MR) is 422 cm³/mol. The van der Waals surface area contributed by atoms with Crippen LogP contribution in [0, 0.1) is 0 Å². The molecule has 3 aromatic heterocycles. The average molecular weight is 1360 g/mol. The number of thiophene rings is 1. The first kappa shape index (κ1) is 59.1. The van der Waals surface area contributed by atoms with Gasteiger partial charge in [-0.1, -0.05) is 297 Å². The summed E-state index contributed by atoms with van der Waals surface area (Å²) < 4.78 is 17.1. The standard InChI is InChI=1S/C96H56N6O2S/c1-4-26-57(27-5-1)61-54-55-69(92-98-90(59-30-8-3-9-31-59)100-94(102-92)72-40-24-47-79-87(72)103-81-49-19-17-44-76(81)95(79)73-41-14-10-32-62(73)63-33-11-15-42-74(63)95)68-37-22-36-66(85(61)68)67-38-23-46-78-86(67)70-35-12-16-43-75(70)96(78)77-45-18-20-50-82(77)104-88-71(39-25-48-80(88)96)93-99-89(58-28-6-2-7-29-58)97-91(101-93)60-52-53-65-64-34-13-21-51-83(64)105-84(65)56-60/h1-56H. The number of para-hydroxylation sites is 4. The summed E-state index contributed by atoms with van der Waals surface area (Å²) in [4.78, 5) is 32.7. The highest BCUT2D eigenvalue weighted by Crippen LogP contribution is 2.66. The third-order valence-electron chi connectivity index (χ3n) is 22.0. The van der Waals surface area contributed by atoms with Gasteiger partial charge in [0, 0.05) is 64.7 Å². The lowest BCUT2D eigenvalue weighted by molar-refractivity contribution is 0.437. The number of ether oxygens (including phenoxy) is 2. The minimum absolute atomic E-state index is 0.502. The molecule has 2 aliphatic carbocycles. The smallest absolute Gasteiger partial charge is 0.167 e. The van der Waals surface area contributed by atoms with Crippen LogP contribution in [0.4, 0.5) is 0 Å². The van der Waals surface area contributed by atoms with E-state index in [0.717, 1.165) is 122 Å². The Bertz CT molecular complexity index is 6650. The van der Waals surface area contributed by atoms with Gasteiger partial charge in [0.05, 0.1) is 22.0 Å². The molecule has 0 bridgehead atoms. The van der Waals surface area contributed by atoms with Crippen LogP contribution in [-0.2, 0) is 10.8 Å². The molecule has 0 fully saturated rings. The zero-order valence-corrected chi connectivity index (χ0v) is 57.1. The molecule has 4 aliphatic rings. The molecule has 5 heterocycles. The molecule has 0 saturated carbocycles. The van der Waals surface area contributed by atoms with Crippen LogP contribution in [0.5, 0.6) is 23.0 Å². The van der Waals surface area contributed by atoms with Crippen LogP contribution in [0.2, 0.25) is 0 Å². The number of hydrogen-bond donors (Lipinski definition) is 0. The zero-order chi connectivity index (χ0) is 68.9.